The molecule has 2 atom stereocenters. The lowest BCUT2D eigenvalue weighted by molar-refractivity contribution is 0.127. The molecule has 0 saturated carbocycles. The molecule has 0 amide bonds. The standard InChI is InChI=1S/C16H20FN3O/c17-12-7-5-11(6-8-12)15-13(10-19-20-15)16(21)14-4-2-1-3-9-18-14/h5-8,10,14,16,18,21H,1-4,9H2,(H,19,20). The molecule has 1 fully saturated rings. The van der Waals surface area contributed by atoms with Crippen molar-refractivity contribution < 1.29 is 9.50 Å². The highest BCUT2D eigenvalue weighted by Crippen LogP contribution is 2.30. The van der Waals surface area contributed by atoms with E-state index in [2.05, 4.69) is 15.5 Å². The maximum absolute atomic E-state index is 13.0. The molecule has 3 rings (SSSR count). The first-order valence-corrected chi connectivity index (χ1v) is 7.46. The number of rotatable bonds is 3. The van der Waals surface area contributed by atoms with Crippen LogP contribution in [0.4, 0.5) is 4.39 Å². The van der Waals surface area contributed by atoms with Crippen molar-refractivity contribution in [3.05, 3.63) is 41.8 Å². The highest BCUT2D eigenvalue weighted by atomic mass is 19.1. The molecule has 1 aliphatic rings. The second-order valence-electron chi connectivity index (χ2n) is 5.56. The summed E-state index contributed by atoms with van der Waals surface area (Å²) in [6.45, 7) is 0.936. The van der Waals surface area contributed by atoms with Gasteiger partial charge in [-0.15, -0.1) is 0 Å². The summed E-state index contributed by atoms with van der Waals surface area (Å²) in [5.74, 6) is -0.272. The number of aliphatic hydroxyl groups is 1. The van der Waals surface area contributed by atoms with Crippen LogP contribution in [0.25, 0.3) is 11.3 Å². The number of benzene rings is 1. The van der Waals surface area contributed by atoms with E-state index in [-0.39, 0.29) is 11.9 Å². The number of halogens is 1. The molecule has 21 heavy (non-hydrogen) atoms. The highest BCUT2D eigenvalue weighted by molar-refractivity contribution is 5.63. The van der Waals surface area contributed by atoms with Crippen LogP contribution in [0.3, 0.4) is 0 Å². The number of aliphatic hydroxyl groups excluding tert-OH is 1. The Kier molecular flexibility index (Phi) is 4.31. The van der Waals surface area contributed by atoms with Crippen LogP contribution >= 0.6 is 0 Å². The van der Waals surface area contributed by atoms with Gasteiger partial charge >= 0.3 is 0 Å². The van der Waals surface area contributed by atoms with Crippen molar-refractivity contribution in [3.63, 3.8) is 0 Å². The molecular formula is C16H20FN3O. The zero-order chi connectivity index (χ0) is 14.7. The summed E-state index contributed by atoms with van der Waals surface area (Å²) >= 11 is 0. The van der Waals surface area contributed by atoms with E-state index in [4.69, 9.17) is 0 Å². The summed E-state index contributed by atoms with van der Waals surface area (Å²) < 4.78 is 13.0. The third-order valence-corrected chi connectivity index (χ3v) is 4.10. The molecule has 0 radical (unpaired) electrons. The second kappa shape index (κ2) is 6.37. The normalized spacial score (nSPS) is 21.0. The lowest BCUT2D eigenvalue weighted by Crippen LogP contribution is -2.34. The Morgan fingerprint density at radius 1 is 1.19 bits per heavy atom. The minimum Gasteiger partial charge on any atom is -0.387 e. The van der Waals surface area contributed by atoms with E-state index in [0.29, 0.717) is 0 Å². The third-order valence-electron chi connectivity index (χ3n) is 4.10. The minimum atomic E-state index is -0.609. The lowest BCUT2D eigenvalue weighted by Gasteiger charge is -2.22. The van der Waals surface area contributed by atoms with Gasteiger partial charge in [-0.2, -0.15) is 5.10 Å². The first-order chi connectivity index (χ1) is 10.3. The molecule has 4 nitrogen and oxygen atoms in total. The van der Waals surface area contributed by atoms with Gasteiger partial charge in [0.2, 0.25) is 0 Å². The number of nitrogens with one attached hydrogen (secondary N) is 2. The Morgan fingerprint density at radius 3 is 2.81 bits per heavy atom. The van der Waals surface area contributed by atoms with Gasteiger partial charge in [0.1, 0.15) is 5.82 Å². The molecular weight excluding hydrogens is 269 g/mol. The molecule has 2 heterocycles. The van der Waals surface area contributed by atoms with Gasteiger partial charge in [0.05, 0.1) is 18.0 Å². The summed E-state index contributed by atoms with van der Waals surface area (Å²) in [6.07, 6.45) is 5.48. The number of nitrogens with zero attached hydrogens (tertiary/aromatic N) is 1. The molecule has 3 N–H and O–H groups in total. The van der Waals surface area contributed by atoms with E-state index < -0.39 is 6.10 Å². The Morgan fingerprint density at radius 2 is 2.00 bits per heavy atom. The monoisotopic (exact) mass is 289 g/mol. The van der Waals surface area contributed by atoms with Gasteiger partial charge in [-0.25, -0.2) is 4.39 Å². The van der Waals surface area contributed by atoms with Crippen LogP contribution < -0.4 is 5.32 Å². The largest absolute Gasteiger partial charge is 0.387 e. The SMILES string of the molecule is OC(c1cn[nH]c1-c1ccc(F)cc1)C1CCCCCN1. The fourth-order valence-corrected chi connectivity index (χ4v) is 2.91. The van der Waals surface area contributed by atoms with Gasteiger partial charge in [-0.3, -0.25) is 5.10 Å². The summed E-state index contributed by atoms with van der Waals surface area (Å²) in [7, 11) is 0. The van der Waals surface area contributed by atoms with Crippen molar-refractivity contribution in [1.82, 2.24) is 15.5 Å². The fourth-order valence-electron chi connectivity index (χ4n) is 2.91. The lowest BCUT2D eigenvalue weighted by atomic mass is 9.96. The molecule has 112 valence electrons. The van der Waals surface area contributed by atoms with Gasteiger partial charge in [-0.05, 0) is 43.7 Å². The van der Waals surface area contributed by atoms with E-state index in [1.165, 1.54) is 18.6 Å². The summed E-state index contributed by atoms with van der Waals surface area (Å²) in [5.41, 5.74) is 2.35. The molecule has 2 unspecified atom stereocenters. The smallest absolute Gasteiger partial charge is 0.123 e. The Bertz CT molecular complexity index is 573. The van der Waals surface area contributed by atoms with Gasteiger partial charge in [0.25, 0.3) is 0 Å². The molecule has 1 aromatic heterocycles. The Hall–Kier alpha value is -1.72. The summed E-state index contributed by atoms with van der Waals surface area (Å²) in [4.78, 5) is 0. The third kappa shape index (κ3) is 3.14. The van der Waals surface area contributed by atoms with Crippen LogP contribution in [-0.2, 0) is 0 Å². The number of hydrogen-bond acceptors (Lipinski definition) is 3. The van der Waals surface area contributed by atoms with Crippen molar-refractivity contribution in [2.75, 3.05) is 6.54 Å². The van der Waals surface area contributed by atoms with E-state index in [0.717, 1.165) is 42.6 Å². The predicted octanol–water partition coefficient (Wildman–Crippen LogP) is 2.78. The summed E-state index contributed by atoms with van der Waals surface area (Å²) in [6, 6.07) is 6.26. The molecule has 0 aliphatic carbocycles. The minimum absolute atomic E-state index is 0.0456. The van der Waals surface area contributed by atoms with Crippen molar-refractivity contribution in [3.8, 4) is 11.3 Å². The van der Waals surface area contributed by atoms with Crippen LogP contribution in [0.5, 0.6) is 0 Å². The zero-order valence-corrected chi connectivity index (χ0v) is 11.8. The molecule has 0 bridgehead atoms. The molecule has 1 aliphatic heterocycles. The van der Waals surface area contributed by atoms with Crippen molar-refractivity contribution in [2.24, 2.45) is 0 Å². The number of aromatic amines is 1. The van der Waals surface area contributed by atoms with Crippen LogP contribution in [0.15, 0.2) is 30.5 Å². The van der Waals surface area contributed by atoms with Crippen LogP contribution in [-0.4, -0.2) is 27.9 Å². The van der Waals surface area contributed by atoms with Crippen molar-refractivity contribution >= 4 is 0 Å². The predicted molar refractivity (Wildman–Crippen MR) is 79.2 cm³/mol. The van der Waals surface area contributed by atoms with Crippen LogP contribution in [0, 0.1) is 5.82 Å². The fraction of sp³-hybridized carbons (Fsp3) is 0.438. The summed E-state index contributed by atoms with van der Waals surface area (Å²) in [5, 5.41) is 21.0. The average Bonchev–Trinajstić information content (AvgIpc) is 2.82. The first-order valence-electron chi connectivity index (χ1n) is 7.46. The number of H-pyrrole nitrogens is 1. The molecule has 0 spiro atoms. The first kappa shape index (κ1) is 14.2. The number of hydrogen-bond donors (Lipinski definition) is 3. The van der Waals surface area contributed by atoms with Crippen LogP contribution in [0.1, 0.15) is 37.4 Å². The maximum atomic E-state index is 13.0. The number of aromatic nitrogens is 2. The topological polar surface area (TPSA) is 60.9 Å². The van der Waals surface area contributed by atoms with E-state index in [9.17, 15) is 9.50 Å². The van der Waals surface area contributed by atoms with E-state index in [1.54, 1.807) is 18.3 Å². The highest BCUT2D eigenvalue weighted by Gasteiger charge is 2.25. The van der Waals surface area contributed by atoms with Gasteiger partial charge in [-0.1, -0.05) is 12.8 Å². The zero-order valence-electron chi connectivity index (χ0n) is 11.8. The molecule has 1 saturated heterocycles. The Labute approximate surface area is 123 Å². The van der Waals surface area contributed by atoms with Gasteiger partial charge in [0.15, 0.2) is 0 Å². The molecule has 1 aromatic carbocycles. The molecule has 5 heteroatoms. The Balaban J connectivity index is 1.85. The van der Waals surface area contributed by atoms with Gasteiger partial charge < -0.3 is 10.4 Å². The van der Waals surface area contributed by atoms with E-state index >= 15 is 0 Å². The molecule has 2 aromatic rings. The maximum Gasteiger partial charge on any atom is 0.123 e. The van der Waals surface area contributed by atoms with Crippen LogP contribution in [0.2, 0.25) is 0 Å². The van der Waals surface area contributed by atoms with E-state index in [1.807, 2.05) is 0 Å². The second-order valence-corrected chi connectivity index (χ2v) is 5.56. The van der Waals surface area contributed by atoms with Gasteiger partial charge in [0, 0.05) is 17.2 Å². The van der Waals surface area contributed by atoms with Crippen molar-refractivity contribution in [1.29, 1.82) is 0 Å². The quantitative estimate of drug-likeness (QED) is 0.814. The average molecular weight is 289 g/mol. The van der Waals surface area contributed by atoms with Crippen molar-refractivity contribution in [2.45, 2.75) is 37.8 Å².